The highest BCUT2D eigenvalue weighted by Crippen LogP contribution is 2.30. The number of hydrogen-bond donors (Lipinski definition) is 1. The molecule has 0 fully saturated rings. The van der Waals surface area contributed by atoms with Crippen molar-refractivity contribution in [2.24, 2.45) is 0 Å². The lowest BCUT2D eigenvalue weighted by atomic mass is 10.3. The van der Waals surface area contributed by atoms with E-state index in [1.165, 1.54) is 35.2 Å². The highest BCUT2D eigenvalue weighted by Gasteiger charge is 2.24. The fourth-order valence-corrected chi connectivity index (χ4v) is 4.32. The largest absolute Gasteiger partial charge is 0.483 e. The molecule has 0 radical (unpaired) electrons. The molecule has 0 aliphatic rings. The Morgan fingerprint density at radius 3 is 2.56 bits per heavy atom. The molecule has 0 spiro atoms. The van der Waals surface area contributed by atoms with Gasteiger partial charge in [0.15, 0.2) is 22.2 Å². The smallest absolute Gasteiger partial charge is 0.239 e. The quantitative estimate of drug-likeness (QED) is 0.361. The second-order valence-corrected chi connectivity index (χ2v) is 9.01. The van der Waals surface area contributed by atoms with Gasteiger partial charge in [-0.25, -0.2) is 9.37 Å². The highest BCUT2D eigenvalue weighted by molar-refractivity contribution is 8.00. The summed E-state index contributed by atoms with van der Waals surface area (Å²) in [5.41, 5.74) is 0.845. The number of hydrogen-bond acceptors (Lipinski definition) is 7. The zero-order valence-electron chi connectivity index (χ0n) is 17.3. The van der Waals surface area contributed by atoms with Crippen LogP contribution in [0, 0.1) is 5.82 Å². The van der Waals surface area contributed by atoms with Crippen molar-refractivity contribution < 1.29 is 13.9 Å². The molecule has 2 unspecified atom stereocenters. The Kier molecular flexibility index (Phi) is 6.81. The van der Waals surface area contributed by atoms with Crippen molar-refractivity contribution >= 4 is 34.1 Å². The molecule has 2 aromatic carbocycles. The number of nitrogens with zero attached hydrogens (tertiary/aromatic N) is 4. The summed E-state index contributed by atoms with van der Waals surface area (Å²) in [4.78, 5) is 16.7. The molecule has 1 amide bonds. The standard InChI is InChI=1S/C22H20FN5O2S2/c1-14(30-18-10-8-16(23)9-11-18)19-26-27-22(28(19)17-6-4-3-5-7-17)32-15(2)20(29)25-21-24-12-13-31-21/h3-15H,1-2H3,(H,24,25,29). The topological polar surface area (TPSA) is 81.9 Å². The van der Waals surface area contributed by atoms with E-state index in [4.69, 9.17) is 4.74 Å². The van der Waals surface area contributed by atoms with Crippen LogP contribution in [0.2, 0.25) is 0 Å². The number of thioether (sulfide) groups is 1. The molecule has 10 heteroatoms. The molecule has 32 heavy (non-hydrogen) atoms. The van der Waals surface area contributed by atoms with Crippen molar-refractivity contribution in [3.8, 4) is 11.4 Å². The van der Waals surface area contributed by atoms with E-state index >= 15 is 0 Å². The summed E-state index contributed by atoms with van der Waals surface area (Å²) in [6.45, 7) is 3.65. The summed E-state index contributed by atoms with van der Waals surface area (Å²) >= 11 is 2.65. The number of thiazole rings is 1. The molecule has 2 aromatic heterocycles. The normalized spacial score (nSPS) is 12.8. The molecule has 0 saturated carbocycles. The van der Waals surface area contributed by atoms with Gasteiger partial charge in [-0.2, -0.15) is 0 Å². The Hall–Kier alpha value is -3.24. The summed E-state index contributed by atoms with van der Waals surface area (Å²) in [5, 5.41) is 13.9. The number of carbonyl (C=O) groups excluding carboxylic acids is 1. The molecule has 0 saturated heterocycles. The number of amides is 1. The third kappa shape index (κ3) is 5.14. The van der Waals surface area contributed by atoms with E-state index in [1.807, 2.05) is 41.8 Å². The van der Waals surface area contributed by atoms with Crippen LogP contribution in [0.4, 0.5) is 9.52 Å². The Labute approximate surface area is 192 Å². The maximum atomic E-state index is 13.2. The van der Waals surface area contributed by atoms with E-state index in [1.54, 1.807) is 30.6 Å². The molecule has 2 atom stereocenters. The average molecular weight is 470 g/mol. The summed E-state index contributed by atoms with van der Waals surface area (Å²) in [7, 11) is 0. The van der Waals surface area contributed by atoms with Crippen LogP contribution >= 0.6 is 23.1 Å². The van der Waals surface area contributed by atoms with E-state index in [0.29, 0.717) is 21.9 Å². The molecule has 7 nitrogen and oxygen atoms in total. The van der Waals surface area contributed by atoms with Crippen molar-refractivity contribution in [3.05, 3.63) is 77.8 Å². The number of carbonyl (C=O) groups is 1. The van der Waals surface area contributed by atoms with Gasteiger partial charge in [0.2, 0.25) is 5.91 Å². The number of ether oxygens (including phenoxy) is 1. The maximum absolute atomic E-state index is 13.2. The number of halogens is 1. The van der Waals surface area contributed by atoms with Gasteiger partial charge in [-0.15, -0.1) is 21.5 Å². The van der Waals surface area contributed by atoms with Crippen LogP contribution in [-0.2, 0) is 4.79 Å². The van der Waals surface area contributed by atoms with Gasteiger partial charge in [-0.1, -0.05) is 30.0 Å². The third-order valence-corrected chi connectivity index (χ3v) is 6.21. The zero-order chi connectivity index (χ0) is 22.5. The summed E-state index contributed by atoms with van der Waals surface area (Å²) in [5.74, 6) is 0.577. The SMILES string of the molecule is CC(Sc1nnc(C(C)Oc2ccc(F)cc2)n1-c1ccccc1)C(=O)Nc1nccs1. The Morgan fingerprint density at radius 2 is 1.88 bits per heavy atom. The van der Waals surface area contributed by atoms with Gasteiger partial charge in [-0.3, -0.25) is 9.36 Å². The van der Waals surface area contributed by atoms with Crippen LogP contribution in [0.15, 0.2) is 71.3 Å². The second kappa shape index (κ2) is 9.92. The number of benzene rings is 2. The molecule has 0 aliphatic carbocycles. The van der Waals surface area contributed by atoms with Gasteiger partial charge in [0.25, 0.3) is 0 Å². The van der Waals surface area contributed by atoms with E-state index in [-0.39, 0.29) is 11.7 Å². The maximum Gasteiger partial charge on any atom is 0.239 e. The molecule has 164 valence electrons. The minimum absolute atomic E-state index is 0.176. The summed E-state index contributed by atoms with van der Waals surface area (Å²) in [6.07, 6.45) is 1.17. The van der Waals surface area contributed by atoms with Crippen molar-refractivity contribution in [1.29, 1.82) is 0 Å². The first-order valence-electron chi connectivity index (χ1n) is 9.81. The lowest BCUT2D eigenvalue weighted by Gasteiger charge is -2.17. The predicted octanol–water partition coefficient (Wildman–Crippen LogP) is 5.12. The molecular weight excluding hydrogens is 449 g/mol. The van der Waals surface area contributed by atoms with E-state index < -0.39 is 11.4 Å². The van der Waals surface area contributed by atoms with Crippen LogP contribution in [0.5, 0.6) is 5.75 Å². The Bertz CT molecular complexity index is 1170. The monoisotopic (exact) mass is 469 g/mol. The average Bonchev–Trinajstić information content (AvgIpc) is 3.46. The highest BCUT2D eigenvalue weighted by atomic mass is 32.2. The summed E-state index contributed by atoms with van der Waals surface area (Å²) < 4.78 is 21.1. The molecular formula is C22H20FN5O2S2. The van der Waals surface area contributed by atoms with E-state index in [2.05, 4.69) is 20.5 Å². The van der Waals surface area contributed by atoms with E-state index in [0.717, 1.165) is 5.69 Å². The number of aromatic nitrogens is 4. The second-order valence-electron chi connectivity index (χ2n) is 6.81. The van der Waals surface area contributed by atoms with Crippen LogP contribution in [0.1, 0.15) is 25.8 Å². The molecule has 2 heterocycles. The molecule has 0 aliphatic heterocycles. The fraction of sp³-hybridized carbons (Fsp3) is 0.182. The summed E-state index contributed by atoms with van der Waals surface area (Å²) in [6, 6.07) is 15.4. The Morgan fingerprint density at radius 1 is 1.12 bits per heavy atom. The van der Waals surface area contributed by atoms with Crippen molar-refractivity contribution in [2.75, 3.05) is 5.32 Å². The van der Waals surface area contributed by atoms with Crippen LogP contribution < -0.4 is 10.1 Å². The van der Waals surface area contributed by atoms with Gasteiger partial charge in [0.1, 0.15) is 11.6 Å². The van der Waals surface area contributed by atoms with E-state index in [9.17, 15) is 9.18 Å². The molecule has 4 aromatic rings. The van der Waals surface area contributed by atoms with Crippen molar-refractivity contribution in [2.45, 2.75) is 30.4 Å². The van der Waals surface area contributed by atoms with Crippen molar-refractivity contribution in [3.63, 3.8) is 0 Å². The number of para-hydroxylation sites is 1. The Balaban J connectivity index is 1.59. The van der Waals surface area contributed by atoms with Gasteiger partial charge in [0.05, 0.1) is 5.25 Å². The molecule has 1 N–H and O–H groups in total. The third-order valence-electron chi connectivity index (χ3n) is 4.48. The minimum atomic E-state index is -0.470. The van der Waals surface area contributed by atoms with Gasteiger partial charge < -0.3 is 10.1 Å². The predicted molar refractivity (Wildman–Crippen MR) is 123 cm³/mol. The number of nitrogens with one attached hydrogen (secondary N) is 1. The molecule has 4 rings (SSSR count). The zero-order valence-corrected chi connectivity index (χ0v) is 18.9. The number of rotatable bonds is 8. The first-order valence-corrected chi connectivity index (χ1v) is 11.6. The van der Waals surface area contributed by atoms with Crippen LogP contribution in [0.3, 0.4) is 0 Å². The first-order chi connectivity index (χ1) is 15.5. The van der Waals surface area contributed by atoms with Gasteiger partial charge in [-0.05, 0) is 50.2 Å². The lowest BCUT2D eigenvalue weighted by Crippen LogP contribution is -2.23. The van der Waals surface area contributed by atoms with Crippen LogP contribution in [-0.4, -0.2) is 30.9 Å². The first kappa shape index (κ1) is 22.0. The van der Waals surface area contributed by atoms with Gasteiger partial charge in [0, 0.05) is 17.3 Å². The van der Waals surface area contributed by atoms with Gasteiger partial charge >= 0.3 is 0 Å². The minimum Gasteiger partial charge on any atom is -0.483 e. The van der Waals surface area contributed by atoms with Crippen LogP contribution in [0.25, 0.3) is 5.69 Å². The lowest BCUT2D eigenvalue weighted by molar-refractivity contribution is -0.115. The fourth-order valence-electron chi connectivity index (χ4n) is 2.91. The van der Waals surface area contributed by atoms with Crippen molar-refractivity contribution in [1.82, 2.24) is 19.7 Å². The number of anilines is 1. The molecule has 0 bridgehead atoms.